The fraction of sp³-hybridized carbons (Fsp3) is 0.222. The van der Waals surface area contributed by atoms with E-state index in [1.165, 1.54) is 14.0 Å². The Bertz CT molecular complexity index is 760. The van der Waals surface area contributed by atoms with Crippen molar-refractivity contribution >= 4 is 33.5 Å². The van der Waals surface area contributed by atoms with Crippen LogP contribution in [0.25, 0.3) is 0 Å². The van der Waals surface area contributed by atoms with E-state index in [9.17, 15) is 9.59 Å². The lowest BCUT2D eigenvalue weighted by Gasteiger charge is -2.14. The average molecular weight is 392 g/mol. The highest BCUT2D eigenvalue weighted by atomic mass is 79.9. The molecule has 0 radical (unpaired) electrons. The van der Waals surface area contributed by atoms with Crippen LogP contribution in [0.2, 0.25) is 0 Å². The zero-order valence-corrected chi connectivity index (χ0v) is 15.2. The molecule has 1 amide bonds. The Kier molecular flexibility index (Phi) is 5.98. The van der Waals surface area contributed by atoms with Crippen molar-refractivity contribution in [2.45, 2.75) is 20.0 Å². The molecule has 1 N–H and O–H groups in total. The summed E-state index contributed by atoms with van der Waals surface area (Å²) in [6.07, 6.45) is -0.927. The van der Waals surface area contributed by atoms with Crippen LogP contribution >= 0.6 is 15.9 Å². The van der Waals surface area contributed by atoms with E-state index in [1.807, 2.05) is 13.0 Å². The summed E-state index contributed by atoms with van der Waals surface area (Å²) in [5, 5.41) is 2.70. The van der Waals surface area contributed by atoms with Gasteiger partial charge in [-0.2, -0.15) is 0 Å². The molecule has 0 aliphatic heterocycles. The second kappa shape index (κ2) is 7.97. The zero-order valence-electron chi connectivity index (χ0n) is 13.6. The second-order valence-electron chi connectivity index (χ2n) is 5.23. The molecular weight excluding hydrogens is 374 g/mol. The van der Waals surface area contributed by atoms with Crippen molar-refractivity contribution in [3.8, 4) is 5.75 Å². The van der Waals surface area contributed by atoms with Gasteiger partial charge in [-0.3, -0.25) is 4.79 Å². The molecule has 0 saturated heterocycles. The molecule has 0 unspecified atom stereocenters. The Morgan fingerprint density at radius 3 is 2.58 bits per heavy atom. The minimum Gasteiger partial charge on any atom is -0.496 e. The lowest BCUT2D eigenvalue weighted by Crippen LogP contribution is -2.30. The molecule has 1 atom stereocenters. The number of carbonyl (C=O) groups is 2. The number of hydrogen-bond acceptors (Lipinski definition) is 4. The van der Waals surface area contributed by atoms with Crippen LogP contribution in [0, 0.1) is 6.92 Å². The first kappa shape index (κ1) is 18.0. The molecule has 0 aliphatic carbocycles. The molecule has 0 aromatic heterocycles. The average Bonchev–Trinajstić information content (AvgIpc) is 2.55. The molecule has 0 heterocycles. The van der Waals surface area contributed by atoms with E-state index in [0.717, 1.165) is 10.0 Å². The number of esters is 1. The van der Waals surface area contributed by atoms with Gasteiger partial charge in [-0.1, -0.05) is 28.1 Å². The fourth-order valence-electron chi connectivity index (χ4n) is 2.04. The van der Waals surface area contributed by atoms with Gasteiger partial charge in [-0.15, -0.1) is 0 Å². The summed E-state index contributed by atoms with van der Waals surface area (Å²) in [5.74, 6) is -0.388. The van der Waals surface area contributed by atoms with Crippen LogP contribution < -0.4 is 10.1 Å². The van der Waals surface area contributed by atoms with Gasteiger partial charge in [0, 0.05) is 10.2 Å². The molecule has 5 nitrogen and oxygen atoms in total. The Morgan fingerprint density at radius 2 is 1.92 bits per heavy atom. The predicted molar refractivity (Wildman–Crippen MR) is 95.4 cm³/mol. The maximum Gasteiger partial charge on any atom is 0.339 e. The van der Waals surface area contributed by atoms with Crippen molar-refractivity contribution < 1.29 is 19.1 Å². The van der Waals surface area contributed by atoms with Gasteiger partial charge in [-0.05, 0) is 49.7 Å². The second-order valence-corrected chi connectivity index (χ2v) is 6.15. The summed E-state index contributed by atoms with van der Waals surface area (Å²) in [5.41, 5.74) is 1.86. The molecule has 2 aromatic rings. The minimum atomic E-state index is -0.927. The highest BCUT2D eigenvalue weighted by molar-refractivity contribution is 9.10. The van der Waals surface area contributed by atoms with Gasteiger partial charge in [0.2, 0.25) is 0 Å². The third-order valence-electron chi connectivity index (χ3n) is 3.39. The van der Waals surface area contributed by atoms with Gasteiger partial charge in [0.15, 0.2) is 6.10 Å². The first-order valence-corrected chi connectivity index (χ1v) is 8.12. The molecule has 0 aliphatic rings. The molecule has 2 rings (SSSR count). The minimum absolute atomic E-state index is 0.333. The normalized spacial score (nSPS) is 11.5. The summed E-state index contributed by atoms with van der Waals surface area (Å²) < 4.78 is 11.3. The van der Waals surface area contributed by atoms with Crippen LogP contribution in [0.15, 0.2) is 46.9 Å². The van der Waals surface area contributed by atoms with Crippen LogP contribution in [0.5, 0.6) is 5.75 Å². The zero-order chi connectivity index (χ0) is 17.7. The van der Waals surface area contributed by atoms with Gasteiger partial charge in [0.1, 0.15) is 5.75 Å². The number of ether oxygens (including phenoxy) is 2. The van der Waals surface area contributed by atoms with Gasteiger partial charge in [-0.25, -0.2) is 4.79 Å². The molecule has 2 aromatic carbocycles. The van der Waals surface area contributed by atoms with Crippen molar-refractivity contribution in [1.82, 2.24) is 0 Å². The lowest BCUT2D eigenvalue weighted by molar-refractivity contribution is -0.123. The molecular formula is C18H18BrNO4. The van der Waals surface area contributed by atoms with Crippen molar-refractivity contribution in [3.63, 3.8) is 0 Å². The first-order chi connectivity index (χ1) is 11.4. The monoisotopic (exact) mass is 391 g/mol. The molecule has 6 heteroatoms. The number of methoxy groups -OCH3 is 1. The summed E-state index contributed by atoms with van der Waals surface area (Å²) in [7, 11) is 1.53. The number of nitrogens with one attached hydrogen (secondary N) is 1. The van der Waals surface area contributed by atoms with E-state index in [1.54, 1.807) is 36.4 Å². The Hall–Kier alpha value is -2.34. The SMILES string of the molecule is COc1cc(C(=O)O[C@@H](C)C(=O)Nc2cccc(Br)c2)ccc1C. The van der Waals surface area contributed by atoms with Gasteiger partial charge >= 0.3 is 5.97 Å². The number of hydrogen-bond donors (Lipinski definition) is 1. The fourth-order valence-corrected chi connectivity index (χ4v) is 2.44. The topological polar surface area (TPSA) is 64.6 Å². The molecule has 0 saturated carbocycles. The van der Waals surface area contributed by atoms with Gasteiger partial charge in [0.05, 0.1) is 12.7 Å². The number of anilines is 1. The van der Waals surface area contributed by atoms with Crippen LogP contribution in [-0.4, -0.2) is 25.1 Å². The predicted octanol–water partition coefficient (Wildman–Crippen LogP) is 3.95. The van der Waals surface area contributed by atoms with E-state index < -0.39 is 18.0 Å². The van der Waals surface area contributed by atoms with Crippen LogP contribution in [0.3, 0.4) is 0 Å². The van der Waals surface area contributed by atoms with E-state index in [4.69, 9.17) is 9.47 Å². The maximum absolute atomic E-state index is 12.2. The number of carbonyl (C=O) groups excluding carboxylic acids is 2. The largest absolute Gasteiger partial charge is 0.496 e. The van der Waals surface area contributed by atoms with Gasteiger partial charge in [0.25, 0.3) is 5.91 Å². The Morgan fingerprint density at radius 1 is 1.17 bits per heavy atom. The molecule has 0 spiro atoms. The third-order valence-corrected chi connectivity index (χ3v) is 3.88. The van der Waals surface area contributed by atoms with Crippen molar-refractivity contribution in [2.75, 3.05) is 12.4 Å². The smallest absolute Gasteiger partial charge is 0.339 e. The first-order valence-electron chi connectivity index (χ1n) is 7.32. The van der Waals surface area contributed by atoms with E-state index in [2.05, 4.69) is 21.2 Å². The molecule has 126 valence electrons. The van der Waals surface area contributed by atoms with Crippen molar-refractivity contribution in [1.29, 1.82) is 0 Å². The molecule has 0 fully saturated rings. The quantitative estimate of drug-likeness (QED) is 0.783. The highest BCUT2D eigenvalue weighted by Gasteiger charge is 2.19. The third kappa shape index (κ3) is 4.58. The number of aryl methyl sites for hydroxylation is 1. The number of halogens is 1. The van der Waals surface area contributed by atoms with Crippen molar-refractivity contribution in [2.24, 2.45) is 0 Å². The van der Waals surface area contributed by atoms with Crippen LogP contribution in [0.1, 0.15) is 22.8 Å². The highest BCUT2D eigenvalue weighted by Crippen LogP contribution is 2.20. The van der Waals surface area contributed by atoms with E-state index >= 15 is 0 Å². The van der Waals surface area contributed by atoms with Crippen molar-refractivity contribution in [3.05, 3.63) is 58.1 Å². The Balaban J connectivity index is 2.01. The van der Waals surface area contributed by atoms with Crippen LogP contribution in [-0.2, 0) is 9.53 Å². The summed E-state index contributed by atoms with van der Waals surface area (Å²) in [6, 6.07) is 12.2. The van der Waals surface area contributed by atoms with E-state index in [0.29, 0.717) is 17.0 Å². The maximum atomic E-state index is 12.2. The molecule has 0 bridgehead atoms. The number of amides is 1. The lowest BCUT2D eigenvalue weighted by atomic mass is 10.1. The number of benzene rings is 2. The standard InChI is InChI=1S/C18H18BrNO4/c1-11-7-8-13(9-16(11)23-3)18(22)24-12(2)17(21)20-15-6-4-5-14(19)10-15/h4-10,12H,1-3H3,(H,20,21)/t12-/m0/s1. The number of rotatable bonds is 5. The van der Waals surface area contributed by atoms with E-state index in [-0.39, 0.29) is 0 Å². The Labute approximate surface area is 149 Å². The summed E-state index contributed by atoms with van der Waals surface area (Å²) in [6.45, 7) is 3.40. The summed E-state index contributed by atoms with van der Waals surface area (Å²) in [4.78, 5) is 24.3. The molecule has 24 heavy (non-hydrogen) atoms. The van der Waals surface area contributed by atoms with Gasteiger partial charge < -0.3 is 14.8 Å². The van der Waals surface area contributed by atoms with Crippen LogP contribution in [0.4, 0.5) is 5.69 Å². The summed E-state index contributed by atoms with van der Waals surface area (Å²) >= 11 is 3.33.